The lowest BCUT2D eigenvalue weighted by Gasteiger charge is -1.98. The van der Waals surface area contributed by atoms with Gasteiger partial charge in [0.15, 0.2) is 11.6 Å². The smallest absolute Gasteiger partial charge is 0.193 e. The molecule has 0 saturated carbocycles. The van der Waals surface area contributed by atoms with Gasteiger partial charge in [0.2, 0.25) is 0 Å². The Morgan fingerprint density at radius 2 is 2.31 bits per heavy atom. The van der Waals surface area contributed by atoms with Crippen molar-refractivity contribution in [3.8, 4) is 5.82 Å². The molecule has 66 valence electrons. The van der Waals surface area contributed by atoms with Crippen LogP contribution in [0.2, 0.25) is 5.02 Å². The number of rotatable bonds is 1. The van der Waals surface area contributed by atoms with Crippen LogP contribution in [-0.4, -0.2) is 20.0 Å². The Morgan fingerprint density at radius 3 is 2.92 bits per heavy atom. The van der Waals surface area contributed by atoms with Crippen LogP contribution in [0.1, 0.15) is 0 Å². The molecule has 0 atom stereocenters. The zero-order valence-electron chi connectivity index (χ0n) is 6.55. The van der Waals surface area contributed by atoms with Gasteiger partial charge in [0, 0.05) is 6.20 Å². The normalized spacial score (nSPS) is 10.2. The molecule has 0 fully saturated rings. The lowest BCUT2D eigenvalue weighted by Crippen LogP contribution is -2.02. The summed E-state index contributed by atoms with van der Waals surface area (Å²) < 4.78 is 0. The molecule has 0 radical (unpaired) electrons. The molecule has 2 rings (SSSR count). The standard InChI is InChI=1S/C7H6ClN5/c8-5-2-1-3-10-7(5)13-11-4-6(9)12-13/h1-4H,(H2,9,12). The Balaban J connectivity index is 2.52. The summed E-state index contributed by atoms with van der Waals surface area (Å²) in [5.74, 6) is 0.808. The maximum Gasteiger partial charge on any atom is 0.193 e. The van der Waals surface area contributed by atoms with Crippen LogP contribution in [0.3, 0.4) is 0 Å². The molecule has 0 unspecified atom stereocenters. The quantitative estimate of drug-likeness (QED) is 0.734. The highest BCUT2D eigenvalue weighted by atomic mass is 35.5. The van der Waals surface area contributed by atoms with Gasteiger partial charge in [-0.05, 0) is 12.1 Å². The molecule has 0 aliphatic heterocycles. The van der Waals surface area contributed by atoms with Crippen LogP contribution in [0.5, 0.6) is 0 Å². The van der Waals surface area contributed by atoms with Gasteiger partial charge in [-0.15, -0.1) is 9.90 Å². The van der Waals surface area contributed by atoms with Crippen LogP contribution < -0.4 is 5.73 Å². The highest BCUT2D eigenvalue weighted by molar-refractivity contribution is 6.32. The van der Waals surface area contributed by atoms with Gasteiger partial charge in [0.1, 0.15) is 0 Å². The van der Waals surface area contributed by atoms with Crippen LogP contribution in [-0.2, 0) is 0 Å². The molecule has 6 heteroatoms. The van der Waals surface area contributed by atoms with Crippen molar-refractivity contribution in [3.63, 3.8) is 0 Å². The van der Waals surface area contributed by atoms with E-state index in [0.29, 0.717) is 16.7 Å². The second kappa shape index (κ2) is 3.02. The molecule has 0 saturated heterocycles. The van der Waals surface area contributed by atoms with Crippen LogP contribution in [0.4, 0.5) is 5.82 Å². The molecule has 0 aliphatic rings. The van der Waals surface area contributed by atoms with E-state index in [4.69, 9.17) is 17.3 Å². The molecule has 5 nitrogen and oxygen atoms in total. The summed E-state index contributed by atoms with van der Waals surface area (Å²) in [6.07, 6.45) is 3.05. The second-order valence-electron chi connectivity index (χ2n) is 2.37. The fourth-order valence-corrected chi connectivity index (χ4v) is 1.10. The van der Waals surface area contributed by atoms with E-state index in [1.807, 2.05) is 0 Å². The highest BCUT2D eigenvalue weighted by Crippen LogP contribution is 2.15. The van der Waals surface area contributed by atoms with Crippen molar-refractivity contribution in [2.45, 2.75) is 0 Å². The maximum absolute atomic E-state index is 5.86. The first kappa shape index (κ1) is 8.00. The molecule has 2 heterocycles. The Bertz CT molecular complexity index is 424. The van der Waals surface area contributed by atoms with Gasteiger partial charge < -0.3 is 5.73 Å². The fourth-order valence-electron chi connectivity index (χ4n) is 0.901. The number of hydrogen-bond acceptors (Lipinski definition) is 4. The summed E-state index contributed by atoms with van der Waals surface area (Å²) >= 11 is 5.86. The van der Waals surface area contributed by atoms with Crippen LogP contribution in [0.15, 0.2) is 24.5 Å². The third-order valence-corrected chi connectivity index (χ3v) is 1.73. The van der Waals surface area contributed by atoms with Crippen LogP contribution in [0, 0.1) is 0 Å². The van der Waals surface area contributed by atoms with Gasteiger partial charge in [-0.3, -0.25) is 0 Å². The number of nitrogens with two attached hydrogens (primary N) is 1. The van der Waals surface area contributed by atoms with Gasteiger partial charge in [-0.1, -0.05) is 11.6 Å². The third kappa shape index (κ3) is 1.46. The van der Waals surface area contributed by atoms with Crippen molar-refractivity contribution in [3.05, 3.63) is 29.5 Å². The lowest BCUT2D eigenvalue weighted by molar-refractivity contribution is 0.732. The lowest BCUT2D eigenvalue weighted by atomic mass is 10.5. The van der Waals surface area contributed by atoms with Gasteiger partial charge in [0.05, 0.1) is 11.2 Å². The number of pyridine rings is 1. The second-order valence-corrected chi connectivity index (χ2v) is 2.77. The molecule has 2 N–H and O–H groups in total. The van der Waals surface area contributed by atoms with Gasteiger partial charge in [-0.2, -0.15) is 5.10 Å². The highest BCUT2D eigenvalue weighted by Gasteiger charge is 2.05. The maximum atomic E-state index is 5.86. The average Bonchev–Trinajstić information content (AvgIpc) is 2.53. The van der Waals surface area contributed by atoms with Gasteiger partial charge >= 0.3 is 0 Å². The third-order valence-electron chi connectivity index (χ3n) is 1.44. The average molecular weight is 196 g/mol. The van der Waals surface area contributed by atoms with Crippen molar-refractivity contribution in [2.75, 3.05) is 5.73 Å². The van der Waals surface area contributed by atoms with Crippen LogP contribution in [0.25, 0.3) is 5.82 Å². The Hall–Kier alpha value is -1.62. The molecule has 0 bridgehead atoms. The number of nitrogens with zero attached hydrogens (tertiary/aromatic N) is 4. The molecular weight excluding hydrogens is 190 g/mol. The summed E-state index contributed by atoms with van der Waals surface area (Å²) in [6.45, 7) is 0. The largest absolute Gasteiger partial charge is 0.381 e. The molecule has 0 aromatic carbocycles. The van der Waals surface area contributed by atoms with E-state index < -0.39 is 0 Å². The molecule has 13 heavy (non-hydrogen) atoms. The monoisotopic (exact) mass is 195 g/mol. The summed E-state index contributed by atoms with van der Waals surface area (Å²) in [4.78, 5) is 5.30. The van der Waals surface area contributed by atoms with E-state index in [2.05, 4.69) is 15.2 Å². The van der Waals surface area contributed by atoms with E-state index in [-0.39, 0.29) is 0 Å². The zero-order valence-corrected chi connectivity index (χ0v) is 7.31. The molecule has 0 aliphatic carbocycles. The van der Waals surface area contributed by atoms with E-state index in [9.17, 15) is 0 Å². The number of halogens is 1. The minimum Gasteiger partial charge on any atom is -0.381 e. The Kier molecular flexibility index (Phi) is 1.86. The van der Waals surface area contributed by atoms with E-state index in [1.165, 1.54) is 11.0 Å². The first-order chi connectivity index (χ1) is 6.27. The molecule has 0 spiro atoms. The summed E-state index contributed by atoms with van der Waals surface area (Å²) in [7, 11) is 0. The Labute approximate surface area is 79.1 Å². The SMILES string of the molecule is Nc1cnn(-c2ncccc2Cl)n1. The number of nitrogen functional groups attached to an aromatic ring is 1. The molecular formula is C7H6ClN5. The Morgan fingerprint density at radius 1 is 1.46 bits per heavy atom. The van der Waals surface area contributed by atoms with Crippen molar-refractivity contribution in [1.82, 2.24) is 20.0 Å². The number of aromatic nitrogens is 4. The first-order valence-electron chi connectivity index (χ1n) is 3.56. The van der Waals surface area contributed by atoms with Crippen molar-refractivity contribution >= 4 is 17.4 Å². The van der Waals surface area contributed by atoms with E-state index >= 15 is 0 Å². The molecule has 0 amide bonds. The minimum atomic E-state index is 0.335. The predicted molar refractivity (Wildman–Crippen MR) is 48.6 cm³/mol. The van der Waals surface area contributed by atoms with Crippen LogP contribution >= 0.6 is 11.6 Å². The topological polar surface area (TPSA) is 69.6 Å². The zero-order chi connectivity index (χ0) is 9.26. The molecule has 2 aromatic heterocycles. The number of anilines is 1. The fraction of sp³-hybridized carbons (Fsp3) is 0. The summed E-state index contributed by atoms with van der Waals surface area (Å²) in [5.41, 5.74) is 5.40. The van der Waals surface area contributed by atoms with Gasteiger partial charge in [0.25, 0.3) is 0 Å². The van der Waals surface area contributed by atoms with E-state index in [0.717, 1.165) is 0 Å². The van der Waals surface area contributed by atoms with E-state index in [1.54, 1.807) is 18.3 Å². The first-order valence-corrected chi connectivity index (χ1v) is 3.94. The van der Waals surface area contributed by atoms with Crippen molar-refractivity contribution in [1.29, 1.82) is 0 Å². The summed E-state index contributed by atoms with van der Waals surface area (Å²) in [6, 6.07) is 3.45. The molecule has 2 aromatic rings. The number of hydrogen-bond donors (Lipinski definition) is 1. The van der Waals surface area contributed by atoms with Crippen molar-refractivity contribution in [2.24, 2.45) is 0 Å². The minimum absolute atomic E-state index is 0.335. The predicted octanol–water partition coefficient (Wildman–Crippen LogP) is 0.898. The summed E-state index contributed by atoms with van der Waals surface area (Å²) in [5, 5.41) is 8.24. The van der Waals surface area contributed by atoms with Crippen molar-refractivity contribution < 1.29 is 0 Å². The van der Waals surface area contributed by atoms with Gasteiger partial charge in [-0.25, -0.2) is 4.98 Å².